The van der Waals surface area contributed by atoms with Crippen molar-refractivity contribution in [3.8, 4) is 0 Å². The number of nitrogens with zero attached hydrogens (tertiary/aromatic N) is 3. The fourth-order valence-corrected chi connectivity index (χ4v) is 1.89. The number of rotatable bonds is 6. The molecule has 1 aromatic heterocycles. The molecule has 2 aromatic rings. The Morgan fingerprint density at radius 3 is 2.50 bits per heavy atom. The smallest absolute Gasteiger partial charge is 0.271 e. The maximum Gasteiger partial charge on any atom is 0.282 e. The van der Waals surface area contributed by atoms with E-state index in [9.17, 15) is 22.4 Å². The van der Waals surface area contributed by atoms with E-state index in [1.54, 1.807) is 24.3 Å². The molecular weight excluding hydrogens is 352 g/mol. The molecule has 10 heteroatoms. The van der Waals surface area contributed by atoms with Crippen LogP contribution in [0.4, 0.5) is 17.6 Å². The number of hydrazone groups is 1. The van der Waals surface area contributed by atoms with Crippen LogP contribution in [0.5, 0.6) is 0 Å². The average molecular weight is 363 g/mol. The lowest BCUT2D eigenvalue weighted by Crippen LogP contribution is -2.25. The molecule has 0 aliphatic carbocycles. The molecule has 0 spiro atoms. The van der Waals surface area contributed by atoms with Crippen molar-refractivity contribution in [3.63, 3.8) is 0 Å². The zero-order valence-corrected chi connectivity index (χ0v) is 12.7. The summed E-state index contributed by atoms with van der Waals surface area (Å²) in [5.41, 5.74) is 1.17. The molecule has 0 fully saturated rings. The lowest BCUT2D eigenvalue weighted by atomic mass is 10.2. The monoisotopic (exact) mass is 362 g/mol. The Balaban J connectivity index is 2.00. The number of hydrogen-bond acceptors (Lipinski definition) is 3. The van der Waals surface area contributed by atoms with E-state index in [1.165, 1.54) is 6.21 Å². The summed E-state index contributed by atoms with van der Waals surface area (Å²) in [5.74, 6) is -0.786. The Bertz CT molecular complexity index is 731. The third-order valence-electron chi connectivity index (χ3n) is 2.84. The highest BCUT2D eigenvalue weighted by Crippen LogP contribution is 2.24. The Hall–Kier alpha value is -2.42. The molecular formula is C14H11ClF4N4O. The van der Waals surface area contributed by atoms with E-state index < -0.39 is 36.7 Å². The summed E-state index contributed by atoms with van der Waals surface area (Å²) in [5, 5.41) is 7.48. The molecule has 0 radical (unpaired) electrons. The molecule has 0 unspecified atom stereocenters. The third kappa shape index (κ3) is 4.79. The van der Waals surface area contributed by atoms with Gasteiger partial charge in [0.05, 0.1) is 6.21 Å². The van der Waals surface area contributed by atoms with Crippen LogP contribution in [0.15, 0.2) is 35.4 Å². The van der Waals surface area contributed by atoms with Gasteiger partial charge in [0, 0.05) is 5.02 Å². The van der Waals surface area contributed by atoms with Gasteiger partial charge in [0.25, 0.3) is 18.8 Å². The van der Waals surface area contributed by atoms with Crippen LogP contribution in [0.2, 0.25) is 5.02 Å². The highest BCUT2D eigenvalue weighted by molar-refractivity contribution is 6.30. The minimum absolute atomic E-state index is 0.527. The molecule has 128 valence electrons. The van der Waals surface area contributed by atoms with Crippen LogP contribution in [-0.2, 0) is 11.3 Å². The van der Waals surface area contributed by atoms with Gasteiger partial charge in [0.15, 0.2) is 0 Å². The largest absolute Gasteiger partial charge is 0.282 e. The second kappa shape index (κ2) is 7.91. The first kappa shape index (κ1) is 17.9. The molecule has 1 amide bonds. The van der Waals surface area contributed by atoms with Gasteiger partial charge in [-0.25, -0.2) is 23.0 Å². The summed E-state index contributed by atoms with van der Waals surface area (Å²) in [6.07, 6.45) is -4.72. The van der Waals surface area contributed by atoms with E-state index in [4.69, 9.17) is 11.6 Å². The van der Waals surface area contributed by atoms with Crippen LogP contribution in [0.25, 0.3) is 0 Å². The van der Waals surface area contributed by atoms with E-state index >= 15 is 0 Å². The topological polar surface area (TPSA) is 59.3 Å². The number of halogens is 5. The van der Waals surface area contributed by atoms with Crippen LogP contribution >= 0.6 is 11.6 Å². The van der Waals surface area contributed by atoms with Gasteiger partial charge in [-0.3, -0.25) is 9.48 Å². The number of aromatic nitrogens is 2. The van der Waals surface area contributed by atoms with Crippen molar-refractivity contribution in [2.45, 2.75) is 19.4 Å². The van der Waals surface area contributed by atoms with E-state index in [0.29, 0.717) is 21.3 Å². The van der Waals surface area contributed by atoms with E-state index in [1.807, 2.05) is 0 Å². The highest BCUT2D eigenvalue weighted by Gasteiger charge is 2.22. The highest BCUT2D eigenvalue weighted by atomic mass is 35.5. The summed E-state index contributed by atoms with van der Waals surface area (Å²) in [6, 6.07) is 7.11. The van der Waals surface area contributed by atoms with Crippen molar-refractivity contribution in [3.05, 3.63) is 52.3 Å². The normalized spacial score (nSPS) is 11.6. The van der Waals surface area contributed by atoms with Crippen molar-refractivity contribution >= 4 is 23.7 Å². The van der Waals surface area contributed by atoms with E-state index in [2.05, 4.69) is 15.6 Å². The molecule has 1 N–H and O–H groups in total. The number of benzene rings is 1. The second-order valence-corrected chi connectivity index (χ2v) is 5.03. The number of nitrogens with one attached hydrogen (secondary N) is 1. The Morgan fingerprint density at radius 2 is 1.92 bits per heavy atom. The summed E-state index contributed by atoms with van der Waals surface area (Å²) < 4.78 is 51.1. The molecule has 0 aliphatic rings. The standard InChI is InChI=1S/C14H11ClF4N4O/c15-9-3-1-8(2-4-9)6-20-21-12(24)7-23-11(14(18)19)5-10(22-23)13(16)17/h1-6,13-14H,7H2,(H,21,24). The van der Waals surface area contributed by atoms with E-state index in [-0.39, 0.29) is 0 Å². The Labute approximate surface area is 138 Å². The number of alkyl halides is 4. The van der Waals surface area contributed by atoms with Crippen LogP contribution in [0.3, 0.4) is 0 Å². The van der Waals surface area contributed by atoms with Crippen LogP contribution in [-0.4, -0.2) is 21.9 Å². The lowest BCUT2D eigenvalue weighted by molar-refractivity contribution is -0.121. The van der Waals surface area contributed by atoms with Gasteiger partial charge in [-0.15, -0.1) is 0 Å². The molecule has 0 atom stereocenters. The minimum Gasteiger partial charge on any atom is -0.271 e. The SMILES string of the molecule is O=C(Cn1nc(C(F)F)cc1C(F)F)NN=Cc1ccc(Cl)cc1. The Kier molecular flexibility index (Phi) is 5.91. The first-order valence-electron chi connectivity index (χ1n) is 6.58. The van der Waals surface area contributed by atoms with Crippen LogP contribution in [0, 0.1) is 0 Å². The molecule has 24 heavy (non-hydrogen) atoms. The van der Waals surface area contributed by atoms with Gasteiger partial charge in [-0.05, 0) is 23.8 Å². The third-order valence-corrected chi connectivity index (χ3v) is 3.10. The molecule has 2 rings (SSSR count). The quantitative estimate of drug-likeness (QED) is 0.485. The Morgan fingerprint density at radius 1 is 1.25 bits per heavy atom. The average Bonchev–Trinajstić information content (AvgIpc) is 2.93. The van der Waals surface area contributed by atoms with Gasteiger partial charge in [0.2, 0.25) is 0 Å². The predicted molar refractivity (Wildman–Crippen MR) is 79.3 cm³/mol. The fourth-order valence-electron chi connectivity index (χ4n) is 1.76. The fraction of sp³-hybridized carbons (Fsp3) is 0.214. The zero-order valence-electron chi connectivity index (χ0n) is 12.0. The summed E-state index contributed by atoms with van der Waals surface area (Å²) in [6.45, 7) is -0.662. The number of hydrogen-bond donors (Lipinski definition) is 1. The van der Waals surface area contributed by atoms with Crippen molar-refractivity contribution in [1.29, 1.82) is 0 Å². The first-order valence-corrected chi connectivity index (χ1v) is 6.96. The van der Waals surface area contributed by atoms with Gasteiger partial charge in [-0.2, -0.15) is 10.2 Å². The van der Waals surface area contributed by atoms with Gasteiger partial charge in [0.1, 0.15) is 17.9 Å². The lowest BCUT2D eigenvalue weighted by Gasteiger charge is -2.05. The zero-order chi connectivity index (χ0) is 17.7. The van der Waals surface area contributed by atoms with Crippen LogP contribution in [0.1, 0.15) is 29.8 Å². The molecule has 0 saturated heterocycles. The molecule has 1 aromatic carbocycles. The maximum absolute atomic E-state index is 12.8. The van der Waals surface area contributed by atoms with Gasteiger partial charge in [-0.1, -0.05) is 23.7 Å². The van der Waals surface area contributed by atoms with Gasteiger partial charge < -0.3 is 0 Å². The molecule has 1 heterocycles. The van der Waals surface area contributed by atoms with Crippen molar-refractivity contribution in [2.75, 3.05) is 0 Å². The molecule has 5 nitrogen and oxygen atoms in total. The van der Waals surface area contributed by atoms with Crippen molar-refractivity contribution in [1.82, 2.24) is 15.2 Å². The van der Waals surface area contributed by atoms with Crippen molar-refractivity contribution in [2.24, 2.45) is 5.10 Å². The predicted octanol–water partition coefficient (Wildman–Crippen LogP) is 3.56. The first-order chi connectivity index (χ1) is 11.4. The number of carbonyl (C=O) groups excluding carboxylic acids is 1. The second-order valence-electron chi connectivity index (χ2n) is 4.60. The summed E-state index contributed by atoms with van der Waals surface area (Å²) >= 11 is 5.71. The van der Waals surface area contributed by atoms with Gasteiger partial charge >= 0.3 is 0 Å². The molecule has 0 aliphatic heterocycles. The van der Waals surface area contributed by atoms with Crippen LogP contribution < -0.4 is 5.43 Å². The number of amides is 1. The number of carbonyl (C=O) groups is 1. The minimum atomic E-state index is -3.03. The molecule has 0 saturated carbocycles. The van der Waals surface area contributed by atoms with E-state index in [0.717, 1.165) is 0 Å². The summed E-state index contributed by atoms with van der Waals surface area (Å²) in [4.78, 5) is 11.7. The summed E-state index contributed by atoms with van der Waals surface area (Å²) in [7, 11) is 0. The molecule has 0 bridgehead atoms. The maximum atomic E-state index is 12.8. The van der Waals surface area contributed by atoms with Crippen molar-refractivity contribution < 1.29 is 22.4 Å².